The van der Waals surface area contributed by atoms with Gasteiger partial charge in [-0.1, -0.05) is 140 Å². The van der Waals surface area contributed by atoms with Gasteiger partial charge in [0.25, 0.3) is 0 Å². The summed E-state index contributed by atoms with van der Waals surface area (Å²) >= 11 is 0. The molecule has 0 amide bonds. The molecule has 2 heteroatoms. The van der Waals surface area contributed by atoms with E-state index < -0.39 is 0 Å². The van der Waals surface area contributed by atoms with Gasteiger partial charge in [-0.2, -0.15) is 0 Å². The largest absolute Gasteiger partial charge is 0.227 e. The van der Waals surface area contributed by atoms with Crippen molar-refractivity contribution >= 4 is 54.0 Å². The van der Waals surface area contributed by atoms with Gasteiger partial charge in [-0.05, 0) is 67.0 Å². The molecule has 9 aromatic rings. The molecule has 0 saturated carbocycles. The van der Waals surface area contributed by atoms with Crippen LogP contribution in [0.3, 0.4) is 0 Å². The zero-order valence-electron chi connectivity index (χ0n) is 23.9. The van der Waals surface area contributed by atoms with Gasteiger partial charge in [0.2, 0.25) is 0 Å². The summed E-state index contributed by atoms with van der Waals surface area (Å²) in [6, 6.07) is 56.2. The van der Waals surface area contributed by atoms with E-state index in [0.29, 0.717) is 0 Å². The van der Waals surface area contributed by atoms with Crippen molar-refractivity contribution in [1.29, 1.82) is 0 Å². The summed E-state index contributed by atoms with van der Waals surface area (Å²) in [7, 11) is 0. The number of nitrogens with zero attached hydrogens (tertiary/aromatic N) is 2. The highest BCUT2D eigenvalue weighted by Gasteiger charge is 2.15. The number of rotatable bonds is 3. The second-order valence-electron chi connectivity index (χ2n) is 11.4. The minimum absolute atomic E-state index is 0.735. The van der Waals surface area contributed by atoms with Crippen molar-refractivity contribution in [2.24, 2.45) is 0 Å². The Balaban J connectivity index is 1.31. The molecule has 9 rings (SSSR count). The van der Waals surface area contributed by atoms with Crippen molar-refractivity contribution in [3.63, 3.8) is 0 Å². The molecule has 0 radical (unpaired) electrons. The third kappa shape index (κ3) is 3.89. The van der Waals surface area contributed by atoms with E-state index in [-0.39, 0.29) is 0 Å². The molecule has 2 nitrogen and oxygen atoms in total. The normalized spacial score (nSPS) is 11.6. The molecule has 0 aliphatic carbocycles. The molecule has 1 heterocycles. The number of aromatic nitrogens is 2. The zero-order chi connectivity index (χ0) is 29.0. The molecule has 1 aromatic heterocycles. The lowest BCUT2D eigenvalue weighted by Gasteiger charge is -2.14. The number of fused-ring (bicyclic) bond motifs is 9. The van der Waals surface area contributed by atoms with Gasteiger partial charge in [0.1, 0.15) is 0 Å². The molecule has 44 heavy (non-hydrogen) atoms. The smallest absolute Gasteiger partial charge is 0.160 e. The van der Waals surface area contributed by atoms with E-state index in [4.69, 9.17) is 9.97 Å². The SMILES string of the molecule is c1ccc(-c2nc(-c3ccccc3)c3ccc4ccc(-c5ccc6c7ccccc7c7ccccc7c6c5)cc4c3n2)cc1. The van der Waals surface area contributed by atoms with Gasteiger partial charge >= 0.3 is 0 Å². The van der Waals surface area contributed by atoms with Gasteiger partial charge in [0, 0.05) is 21.9 Å². The first-order chi connectivity index (χ1) is 21.8. The van der Waals surface area contributed by atoms with Crippen LogP contribution in [0.15, 0.2) is 158 Å². The van der Waals surface area contributed by atoms with Crippen molar-refractivity contribution in [2.75, 3.05) is 0 Å². The van der Waals surface area contributed by atoms with Gasteiger partial charge < -0.3 is 0 Å². The summed E-state index contributed by atoms with van der Waals surface area (Å²) in [5.74, 6) is 0.735. The lowest BCUT2D eigenvalue weighted by molar-refractivity contribution is 1.23. The lowest BCUT2D eigenvalue weighted by Crippen LogP contribution is -1.96. The molecule has 0 N–H and O–H groups in total. The molecule has 204 valence electrons. The van der Waals surface area contributed by atoms with Crippen molar-refractivity contribution in [2.45, 2.75) is 0 Å². The summed E-state index contributed by atoms with van der Waals surface area (Å²) in [5.41, 5.74) is 6.37. The number of hydrogen-bond donors (Lipinski definition) is 0. The average Bonchev–Trinajstić information content (AvgIpc) is 3.11. The monoisotopic (exact) mass is 558 g/mol. The van der Waals surface area contributed by atoms with Crippen molar-refractivity contribution in [1.82, 2.24) is 9.97 Å². The lowest BCUT2D eigenvalue weighted by atomic mass is 9.91. The van der Waals surface area contributed by atoms with Gasteiger partial charge in [0.05, 0.1) is 11.2 Å². The van der Waals surface area contributed by atoms with Crippen LogP contribution in [0.2, 0.25) is 0 Å². The fourth-order valence-corrected chi connectivity index (χ4v) is 6.71. The van der Waals surface area contributed by atoms with E-state index >= 15 is 0 Å². The van der Waals surface area contributed by atoms with E-state index in [9.17, 15) is 0 Å². The van der Waals surface area contributed by atoms with Crippen molar-refractivity contribution in [3.8, 4) is 33.8 Å². The van der Waals surface area contributed by atoms with Crippen LogP contribution in [0.1, 0.15) is 0 Å². The van der Waals surface area contributed by atoms with Gasteiger partial charge in [-0.25, -0.2) is 9.97 Å². The summed E-state index contributed by atoms with van der Waals surface area (Å²) in [6.07, 6.45) is 0. The van der Waals surface area contributed by atoms with E-state index in [0.717, 1.165) is 44.3 Å². The predicted octanol–water partition coefficient (Wildman–Crippen LogP) is 11.2. The molecule has 0 aliphatic rings. The third-order valence-corrected chi connectivity index (χ3v) is 8.84. The molecular formula is C42H26N2. The van der Waals surface area contributed by atoms with Crippen LogP contribution >= 0.6 is 0 Å². The third-order valence-electron chi connectivity index (χ3n) is 8.84. The van der Waals surface area contributed by atoms with Crippen LogP contribution in [0.5, 0.6) is 0 Å². The maximum atomic E-state index is 5.21. The highest BCUT2D eigenvalue weighted by Crippen LogP contribution is 2.39. The first kappa shape index (κ1) is 24.7. The fraction of sp³-hybridized carbons (Fsp3) is 0. The Labute approximate surface area is 254 Å². The Kier molecular flexibility index (Phi) is 5.54. The minimum atomic E-state index is 0.735. The summed E-state index contributed by atoms with van der Waals surface area (Å²) in [5, 5.41) is 11.0. The van der Waals surface area contributed by atoms with Crippen LogP contribution in [0.25, 0.3) is 87.8 Å². The Morgan fingerprint density at radius 2 is 0.773 bits per heavy atom. The standard InChI is InChI=1S/C42H26N2/c1-3-11-28(12-4-1)40-37-24-21-27-19-20-30(25-38(27)41(37)44-42(43-40)29-13-5-2-6-14-29)31-22-23-36-34-17-8-7-15-32(34)33-16-9-10-18-35(33)39(36)26-31/h1-26H. The summed E-state index contributed by atoms with van der Waals surface area (Å²) in [6.45, 7) is 0. The molecule has 0 aliphatic heterocycles. The van der Waals surface area contributed by atoms with E-state index in [1.807, 2.05) is 24.3 Å². The topological polar surface area (TPSA) is 25.8 Å². The quantitative estimate of drug-likeness (QED) is 0.202. The zero-order valence-corrected chi connectivity index (χ0v) is 23.9. The summed E-state index contributed by atoms with van der Waals surface area (Å²) in [4.78, 5) is 10.3. The van der Waals surface area contributed by atoms with Crippen molar-refractivity contribution < 1.29 is 0 Å². The van der Waals surface area contributed by atoms with Crippen LogP contribution < -0.4 is 0 Å². The van der Waals surface area contributed by atoms with Crippen LogP contribution in [0.4, 0.5) is 0 Å². The van der Waals surface area contributed by atoms with Gasteiger partial charge in [-0.3, -0.25) is 0 Å². The van der Waals surface area contributed by atoms with Crippen LogP contribution in [-0.2, 0) is 0 Å². The number of benzene rings is 8. The van der Waals surface area contributed by atoms with E-state index in [1.54, 1.807) is 0 Å². The molecular weight excluding hydrogens is 532 g/mol. The Morgan fingerprint density at radius 1 is 0.295 bits per heavy atom. The maximum Gasteiger partial charge on any atom is 0.160 e. The fourth-order valence-electron chi connectivity index (χ4n) is 6.71. The Bertz CT molecular complexity index is 2500. The second kappa shape index (κ2) is 9.86. The highest BCUT2D eigenvalue weighted by atomic mass is 14.9. The van der Waals surface area contributed by atoms with Crippen LogP contribution in [-0.4, -0.2) is 9.97 Å². The first-order valence-corrected chi connectivity index (χ1v) is 15.0. The average molecular weight is 559 g/mol. The second-order valence-corrected chi connectivity index (χ2v) is 11.4. The Morgan fingerprint density at radius 3 is 1.43 bits per heavy atom. The molecule has 0 atom stereocenters. The Hall–Kier alpha value is -5.86. The van der Waals surface area contributed by atoms with Crippen LogP contribution in [0, 0.1) is 0 Å². The maximum absolute atomic E-state index is 5.21. The minimum Gasteiger partial charge on any atom is -0.227 e. The van der Waals surface area contributed by atoms with E-state index in [1.165, 1.54) is 43.4 Å². The summed E-state index contributed by atoms with van der Waals surface area (Å²) < 4.78 is 0. The number of hydrogen-bond acceptors (Lipinski definition) is 2. The highest BCUT2D eigenvalue weighted by molar-refractivity contribution is 6.25. The molecule has 0 spiro atoms. The first-order valence-electron chi connectivity index (χ1n) is 15.0. The molecule has 0 fully saturated rings. The predicted molar refractivity (Wildman–Crippen MR) is 186 cm³/mol. The van der Waals surface area contributed by atoms with Gasteiger partial charge in [0.15, 0.2) is 5.82 Å². The molecule has 0 unspecified atom stereocenters. The van der Waals surface area contributed by atoms with E-state index in [2.05, 4.69) is 133 Å². The van der Waals surface area contributed by atoms with Gasteiger partial charge in [-0.15, -0.1) is 0 Å². The molecule has 0 bridgehead atoms. The molecule has 0 saturated heterocycles. The molecule has 8 aromatic carbocycles. The van der Waals surface area contributed by atoms with Crippen molar-refractivity contribution in [3.05, 3.63) is 158 Å².